The summed E-state index contributed by atoms with van der Waals surface area (Å²) in [7, 11) is 0. The van der Waals surface area contributed by atoms with Gasteiger partial charge in [0, 0.05) is 24.5 Å². The van der Waals surface area contributed by atoms with Crippen molar-refractivity contribution in [3.8, 4) is 0 Å². The molecule has 2 N–H and O–H groups in total. The van der Waals surface area contributed by atoms with E-state index in [1.807, 2.05) is 12.1 Å². The maximum atomic E-state index is 5.75. The summed E-state index contributed by atoms with van der Waals surface area (Å²) in [6.07, 6.45) is 3.95. The van der Waals surface area contributed by atoms with Crippen molar-refractivity contribution in [1.29, 1.82) is 0 Å². The van der Waals surface area contributed by atoms with Crippen LogP contribution < -0.4 is 10.6 Å². The summed E-state index contributed by atoms with van der Waals surface area (Å²) in [6.45, 7) is 9.46. The monoisotopic (exact) mass is 246 g/mol. The van der Waals surface area contributed by atoms with Crippen molar-refractivity contribution in [2.75, 3.05) is 23.7 Å². The number of anilines is 2. The fourth-order valence-corrected chi connectivity index (χ4v) is 2.91. The first-order chi connectivity index (χ1) is 8.47. The lowest BCUT2D eigenvalue weighted by molar-refractivity contribution is 0.220. The van der Waals surface area contributed by atoms with Gasteiger partial charge in [-0.05, 0) is 54.9 Å². The number of nitrogens with two attached hydrogens (primary N) is 1. The van der Waals surface area contributed by atoms with Crippen LogP contribution in [0.25, 0.3) is 0 Å². The van der Waals surface area contributed by atoms with Gasteiger partial charge in [0.2, 0.25) is 0 Å². The van der Waals surface area contributed by atoms with Crippen LogP contribution in [0, 0.1) is 11.3 Å². The molecule has 0 radical (unpaired) electrons. The van der Waals surface area contributed by atoms with Crippen LogP contribution in [0.4, 0.5) is 11.4 Å². The summed E-state index contributed by atoms with van der Waals surface area (Å²) >= 11 is 0. The number of nitrogen functional groups attached to an aromatic ring is 1. The van der Waals surface area contributed by atoms with Gasteiger partial charge in [0.05, 0.1) is 0 Å². The molecule has 0 aliphatic carbocycles. The summed E-state index contributed by atoms with van der Waals surface area (Å²) < 4.78 is 0. The second kappa shape index (κ2) is 5.21. The Labute approximate surface area is 111 Å². The van der Waals surface area contributed by atoms with Crippen molar-refractivity contribution < 1.29 is 0 Å². The van der Waals surface area contributed by atoms with E-state index in [1.165, 1.54) is 38.0 Å². The second-order valence-electron chi connectivity index (χ2n) is 6.57. The van der Waals surface area contributed by atoms with Crippen molar-refractivity contribution in [2.24, 2.45) is 11.3 Å². The van der Waals surface area contributed by atoms with Gasteiger partial charge in [-0.15, -0.1) is 0 Å². The number of hydrogen-bond acceptors (Lipinski definition) is 2. The Bertz CT molecular complexity index is 375. The third-order valence-electron chi connectivity index (χ3n) is 4.21. The summed E-state index contributed by atoms with van der Waals surface area (Å²) in [4.78, 5) is 2.51. The SMILES string of the molecule is CC(C)(C)C1CCCN(c2ccc(N)cc2)CC1. The van der Waals surface area contributed by atoms with E-state index < -0.39 is 0 Å². The van der Waals surface area contributed by atoms with Crippen LogP contribution in [0.1, 0.15) is 40.0 Å². The highest BCUT2D eigenvalue weighted by Crippen LogP contribution is 2.35. The highest BCUT2D eigenvalue weighted by molar-refractivity contribution is 5.53. The summed E-state index contributed by atoms with van der Waals surface area (Å²) in [5.74, 6) is 0.844. The molecule has 100 valence electrons. The lowest BCUT2D eigenvalue weighted by atomic mass is 9.77. The summed E-state index contributed by atoms with van der Waals surface area (Å²) in [6, 6.07) is 8.29. The topological polar surface area (TPSA) is 29.3 Å². The van der Waals surface area contributed by atoms with Crippen LogP contribution in [-0.4, -0.2) is 13.1 Å². The van der Waals surface area contributed by atoms with Gasteiger partial charge >= 0.3 is 0 Å². The molecule has 0 saturated carbocycles. The smallest absolute Gasteiger partial charge is 0.0367 e. The predicted molar refractivity (Wildman–Crippen MR) is 79.9 cm³/mol. The van der Waals surface area contributed by atoms with Gasteiger partial charge in [-0.25, -0.2) is 0 Å². The molecule has 2 heteroatoms. The predicted octanol–water partition coefficient (Wildman–Crippen LogP) is 3.92. The zero-order valence-corrected chi connectivity index (χ0v) is 11.9. The molecule has 1 unspecified atom stereocenters. The molecule has 1 heterocycles. The minimum Gasteiger partial charge on any atom is -0.399 e. The Balaban J connectivity index is 2.03. The number of hydrogen-bond donors (Lipinski definition) is 1. The lowest BCUT2D eigenvalue weighted by Crippen LogP contribution is -2.26. The zero-order valence-electron chi connectivity index (χ0n) is 11.9. The molecule has 0 aromatic heterocycles. The van der Waals surface area contributed by atoms with Gasteiger partial charge in [0.1, 0.15) is 0 Å². The molecule has 1 aliphatic rings. The van der Waals surface area contributed by atoms with Gasteiger partial charge in [-0.3, -0.25) is 0 Å². The Morgan fingerprint density at radius 1 is 1.06 bits per heavy atom. The number of benzene rings is 1. The third kappa shape index (κ3) is 3.18. The molecule has 1 atom stereocenters. The molecular formula is C16H26N2. The molecule has 0 amide bonds. The van der Waals surface area contributed by atoms with Gasteiger partial charge in [-0.2, -0.15) is 0 Å². The minimum absolute atomic E-state index is 0.442. The number of rotatable bonds is 1. The van der Waals surface area contributed by atoms with E-state index in [9.17, 15) is 0 Å². The molecule has 1 fully saturated rings. The van der Waals surface area contributed by atoms with Crippen LogP contribution in [-0.2, 0) is 0 Å². The third-order valence-corrected chi connectivity index (χ3v) is 4.21. The molecule has 2 nitrogen and oxygen atoms in total. The normalized spacial score (nSPS) is 21.7. The van der Waals surface area contributed by atoms with Crippen LogP contribution in [0.15, 0.2) is 24.3 Å². The standard InChI is InChI=1S/C16H26N2/c1-16(2,3)13-5-4-11-18(12-10-13)15-8-6-14(17)7-9-15/h6-9,13H,4-5,10-12,17H2,1-3H3. The molecule has 0 spiro atoms. The first kappa shape index (κ1) is 13.3. The Morgan fingerprint density at radius 2 is 1.72 bits per heavy atom. The van der Waals surface area contributed by atoms with Crippen LogP contribution in [0.5, 0.6) is 0 Å². The molecule has 1 saturated heterocycles. The van der Waals surface area contributed by atoms with E-state index in [0.717, 1.165) is 11.6 Å². The van der Waals surface area contributed by atoms with Crippen LogP contribution in [0.2, 0.25) is 0 Å². The van der Waals surface area contributed by atoms with Crippen molar-refractivity contribution in [3.05, 3.63) is 24.3 Å². The minimum atomic E-state index is 0.442. The van der Waals surface area contributed by atoms with Gasteiger partial charge in [0.15, 0.2) is 0 Å². The molecular weight excluding hydrogens is 220 g/mol. The van der Waals surface area contributed by atoms with Crippen LogP contribution in [0.3, 0.4) is 0 Å². The van der Waals surface area contributed by atoms with E-state index in [4.69, 9.17) is 5.73 Å². The van der Waals surface area contributed by atoms with E-state index in [-0.39, 0.29) is 0 Å². The Hall–Kier alpha value is -1.18. The maximum absolute atomic E-state index is 5.75. The van der Waals surface area contributed by atoms with Crippen molar-refractivity contribution in [2.45, 2.75) is 40.0 Å². The zero-order chi connectivity index (χ0) is 13.2. The molecule has 1 aromatic carbocycles. The molecule has 1 aliphatic heterocycles. The van der Waals surface area contributed by atoms with E-state index in [0.29, 0.717) is 5.41 Å². The van der Waals surface area contributed by atoms with Crippen molar-refractivity contribution >= 4 is 11.4 Å². The quantitative estimate of drug-likeness (QED) is 0.761. The maximum Gasteiger partial charge on any atom is 0.0367 e. The fraction of sp³-hybridized carbons (Fsp3) is 0.625. The average molecular weight is 246 g/mol. The van der Waals surface area contributed by atoms with E-state index in [1.54, 1.807) is 0 Å². The van der Waals surface area contributed by atoms with Gasteiger partial charge in [-0.1, -0.05) is 20.8 Å². The molecule has 0 bridgehead atoms. The number of nitrogens with zero attached hydrogens (tertiary/aromatic N) is 1. The largest absolute Gasteiger partial charge is 0.399 e. The molecule has 2 rings (SSSR count). The first-order valence-corrected chi connectivity index (χ1v) is 7.07. The Kier molecular flexibility index (Phi) is 3.84. The van der Waals surface area contributed by atoms with E-state index in [2.05, 4.69) is 37.8 Å². The molecule has 18 heavy (non-hydrogen) atoms. The fourth-order valence-electron chi connectivity index (χ4n) is 2.91. The average Bonchev–Trinajstić information content (AvgIpc) is 2.55. The highest BCUT2D eigenvalue weighted by Gasteiger charge is 2.26. The first-order valence-electron chi connectivity index (χ1n) is 7.07. The van der Waals surface area contributed by atoms with Crippen molar-refractivity contribution in [1.82, 2.24) is 0 Å². The van der Waals surface area contributed by atoms with Gasteiger partial charge < -0.3 is 10.6 Å². The lowest BCUT2D eigenvalue weighted by Gasteiger charge is -2.30. The second-order valence-corrected chi connectivity index (χ2v) is 6.57. The van der Waals surface area contributed by atoms with Crippen molar-refractivity contribution in [3.63, 3.8) is 0 Å². The van der Waals surface area contributed by atoms with Gasteiger partial charge in [0.25, 0.3) is 0 Å². The summed E-state index contributed by atoms with van der Waals surface area (Å²) in [5, 5.41) is 0. The van der Waals surface area contributed by atoms with E-state index >= 15 is 0 Å². The highest BCUT2D eigenvalue weighted by atomic mass is 15.1. The summed E-state index contributed by atoms with van der Waals surface area (Å²) in [5.41, 5.74) is 8.36. The van der Waals surface area contributed by atoms with Crippen LogP contribution >= 0.6 is 0 Å². The molecule has 1 aromatic rings. The Morgan fingerprint density at radius 3 is 2.33 bits per heavy atom.